The number of benzene rings is 3. The van der Waals surface area contributed by atoms with Gasteiger partial charge in [-0.05, 0) is 91.6 Å². The third kappa shape index (κ3) is 4.99. The highest BCUT2D eigenvalue weighted by Gasteiger charge is 2.43. The van der Waals surface area contributed by atoms with Crippen LogP contribution in [0.4, 0.5) is 18.9 Å². The van der Waals surface area contributed by atoms with E-state index in [9.17, 15) is 22.8 Å². The molecule has 0 unspecified atom stereocenters. The first-order valence-electron chi connectivity index (χ1n) is 12.6. The van der Waals surface area contributed by atoms with Crippen LogP contribution in [0.15, 0.2) is 72.8 Å². The molecule has 37 heavy (non-hydrogen) atoms. The molecule has 192 valence electrons. The number of fused-ring (bicyclic) bond motifs is 1. The summed E-state index contributed by atoms with van der Waals surface area (Å²) in [4.78, 5) is 27.8. The van der Waals surface area contributed by atoms with E-state index in [4.69, 9.17) is 4.74 Å². The van der Waals surface area contributed by atoms with Crippen molar-refractivity contribution < 1.29 is 27.5 Å². The molecule has 1 heterocycles. The predicted octanol–water partition coefficient (Wildman–Crippen LogP) is 7.10. The summed E-state index contributed by atoms with van der Waals surface area (Å²) in [6, 6.07) is 19.6. The molecule has 0 N–H and O–H groups in total. The van der Waals surface area contributed by atoms with Gasteiger partial charge in [0.25, 0.3) is 0 Å². The van der Waals surface area contributed by atoms with Crippen molar-refractivity contribution in [1.82, 2.24) is 0 Å². The van der Waals surface area contributed by atoms with E-state index in [1.54, 1.807) is 30.0 Å². The highest BCUT2D eigenvalue weighted by molar-refractivity contribution is 5.98. The van der Waals surface area contributed by atoms with Gasteiger partial charge in [-0.2, -0.15) is 13.2 Å². The summed E-state index contributed by atoms with van der Waals surface area (Å²) >= 11 is 0. The number of anilines is 1. The predicted molar refractivity (Wildman–Crippen MR) is 134 cm³/mol. The first kappa shape index (κ1) is 25.1. The van der Waals surface area contributed by atoms with Crippen molar-refractivity contribution in [2.45, 2.75) is 50.7 Å². The molecule has 4 nitrogen and oxygen atoms in total. The van der Waals surface area contributed by atoms with Gasteiger partial charge in [-0.25, -0.2) is 4.79 Å². The average molecular weight is 508 g/mol. The highest BCUT2D eigenvalue weighted by atomic mass is 19.4. The van der Waals surface area contributed by atoms with E-state index in [1.807, 2.05) is 18.2 Å². The van der Waals surface area contributed by atoms with E-state index in [2.05, 4.69) is 12.1 Å². The molecule has 3 atom stereocenters. The number of hydrogen-bond donors (Lipinski definition) is 0. The van der Waals surface area contributed by atoms with Gasteiger partial charge in [0.1, 0.15) is 0 Å². The van der Waals surface area contributed by atoms with Crippen LogP contribution in [0.25, 0.3) is 0 Å². The molecule has 1 aliphatic heterocycles. The normalized spacial score (nSPS) is 21.2. The lowest BCUT2D eigenvalue weighted by atomic mass is 9.87. The maximum Gasteiger partial charge on any atom is 0.416 e. The number of carbonyl (C=O) groups is 2. The molecule has 5 rings (SSSR count). The summed E-state index contributed by atoms with van der Waals surface area (Å²) in [5.74, 6) is -0.566. The number of aryl methyl sites for hydroxylation is 1. The number of hydrogen-bond acceptors (Lipinski definition) is 3. The molecule has 1 saturated heterocycles. The van der Waals surface area contributed by atoms with Crippen LogP contribution in [-0.2, 0) is 22.1 Å². The van der Waals surface area contributed by atoms with Crippen LogP contribution < -0.4 is 4.90 Å². The van der Waals surface area contributed by atoms with Crippen LogP contribution in [0, 0.1) is 5.92 Å². The first-order chi connectivity index (χ1) is 17.8. The van der Waals surface area contributed by atoms with Gasteiger partial charge in [-0.3, -0.25) is 4.79 Å². The number of carbonyl (C=O) groups excluding carboxylic acids is 2. The second-order valence-electron chi connectivity index (χ2n) is 9.72. The minimum atomic E-state index is -4.46. The molecule has 0 bridgehead atoms. The highest BCUT2D eigenvalue weighted by Crippen LogP contribution is 2.46. The van der Waals surface area contributed by atoms with Gasteiger partial charge >= 0.3 is 12.1 Å². The van der Waals surface area contributed by atoms with Crippen LogP contribution in [-0.4, -0.2) is 18.5 Å². The van der Waals surface area contributed by atoms with Crippen molar-refractivity contribution in [3.05, 3.63) is 101 Å². The summed E-state index contributed by atoms with van der Waals surface area (Å²) in [6.45, 7) is 1.98. The summed E-state index contributed by atoms with van der Waals surface area (Å²) in [5.41, 5.74) is 3.39. The van der Waals surface area contributed by atoms with E-state index >= 15 is 0 Å². The van der Waals surface area contributed by atoms with Crippen molar-refractivity contribution in [3.8, 4) is 0 Å². The summed E-state index contributed by atoms with van der Waals surface area (Å²) in [7, 11) is 0. The van der Waals surface area contributed by atoms with Crippen molar-refractivity contribution in [3.63, 3.8) is 0 Å². The van der Waals surface area contributed by atoms with E-state index in [0.717, 1.165) is 30.5 Å². The van der Waals surface area contributed by atoms with E-state index < -0.39 is 23.8 Å². The van der Waals surface area contributed by atoms with Crippen LogP contribution in [0.1, 0.15) is 70.8 Å². The third-order valence-corrected chi connectivity index (χ3v) is 7.49. The Balaban J connectivity index is 1.48. The lowest BCUT2D eigenvalue weighted by molar-refractivity contribution is -0.137. The Hall–Kier alpha value is -3.61. The Labute approximate surface area is 214 Å². The molecule has 2 aliphatic rings. The van der Waals surface area contributed by atoms with Gasteiger partial charge in [0.2, 0.25) is 5.91 Å². The van der Waals surface area contributed by atoms with Crippen molar-refractivity contribution in [2.24, 2.45) is 5.92 Å². The zero-order valence-electron chi connectivity index (χ0n) is 20.5. The third-order valence-electron chi connectivity index (χ3n) is 7.49. The lowest BCUT2D eigenvalue weighted by Crippen LogP contribution is -2.30. The molecule has 0 aromatic heterocycles. The molecule has 3 aromatic rings. The monoisotopic (exact) mass is 507 g/mol. The summed E-state index contributed by atoms with van der Waals surface area (Å²) in [5, 5.41) is 0. The van der Waals surface area contributed by atoms with Gasteiger partial charge in [0.05, 0.1) is 23.8 Å². The van der Waals surface area contributed by atoms with Crippen LogP contribution in [0.5, 0.6) is 0 Å². The quantitative estimate of drug-likeness (QED) is 0.335. The molecule has 1 fully saturated rings. The van der Waals surface area contributed by atoms with Crippen LogP contribution in [0.2, 0.25) is 0 Å². The first-order valence-corrected chi connectivity index (χ1v) is 12.6. The molecular weight excluding hydrogens is 479 g/mol. The fourth-order valence-corrected chi connectivity index (χ4v) is 5.75. The fourth-order valence-electron chi connectivity index (χ4n) is 5.75. The fraction of sp³-hybridized carbons (Fsp3) is 0.333. The Kier molecular flexibility index (Phi) is 6.80. The molecule has 0 spiro atoms. The van der Waals surface area contributed by atoms with Crippen molar-refractivity contribution in [2.75, 3.05) is 11.5 Å². The number of amides is 1. The second-order valence-corrected chi connectivity index (χ2v) is 9.72. The molecule has 0 radical (unpaired) electrons. The topological polar surface area (TPSA) is 46.6 Å². The number of nitrogens with zero attached hydrogens (tertiary/aromatic N) is 1. The van der Waals surface area contributed by atoms with Crippen molar-refractivity contribution in [1.29, 1.82) is 0 Å². The summed E-state index contributed by atoms with van der Waals surface area (Å²) < 4.78 is 44.7. The minimum Gasteiger partial charge on any atom is -0.462 e. The van der Waals surface area contributed by atoms with Crippen LogP contribution >= 0.6 is 0 Å². The van der Waals surface area contributed by atoms with Gasteiger partial charge < -0.3 is 9.64 Å². The number of alkyl halides is 3. The largest absolute Gasteiger partial charge is 0.462 e. The molecular formula is C30H28F3NO3. The SMILES string of the molecule is CCOC(=O)c1cccc([C@H]2C[C@@H](C[C@@H]3CCc4ccccc43)C(=O)N2c2ccc(C(F)(F)F)cc2)c1. The molecule has 1 aliphatic carbocycles. The number of ether oxygens (including phenoxy) is 1. The molecule has 0 saturated carbocycles. The number of halogens is 3. The van der Waals surface area contributed by atoms with Gasteiger partial charge in [0, 0.05) is 11.6 Å². The smallest absolute Gasteiger partial charge is 0.416 e. The van der Waals surface area contributed by atoms with E-state index in [1.165, 1.54) is 23.3 Å². The Morgan fingerprint density at radius 2 is 1.76 bits per heavy atom. The van der Waals surface area contributed by atoms with E-state index in [0.29, 0.717) is 24.1 Å². The van der Waals surface area contributed by atoms with Gasteiger partial charge in [-0.1, -0.05) is 36.4 Å². The van der Waals surface area contributed by atoms with Crippen molar-refractivity contribution >= 4 is 17.6 Å². The zero-order valence-corrected chi connectivity index (χ0v) is 20.5. The van der Waals surface area contributed by atoms with E-state index in [-0.39, 0.29) is 24.3 Å². The number of esters is 1. The summed E-state index contributed by atoms with van der Waals surface area (Å²) in [6.07, 6.45) is -1.30. The minimum absolute atomic E-state index is 0.101. The number of rotatable bonds is 6. The maximum absolute atomic E-state index is 13.8. The zero-order chi connectivity index (χ0) is 26.2. The lowest BCUT2D eigenvalue weighted by Gasteiger charge is -2.26. The Bertz CT molecular complexity index is 1300. The second kappa shape index (κ2) is 10.0. The van der Waals surface area contributed by atoms with Gasteiger partial charge in [-0.15, -0.1) is 0 Å². The maximum atomic E-state index is 13.8. The molecule has 3 aromatic carbocycles. The standard InChI is InChI=1S/C30H28F3NO3/c1-2-37-29(36)22-8-5-7-21(17-22)27-18-23(16-20-11-10-19-6-3-4-9-26(19)20)28(35)34(27)25-14-12-24(13-15-25)30(31,32)33/h3-9,12-15,17,20,23,27H,2,10-11,16,18H2,1H3/t20-,23+,27+/m0/s1. The average Bonchev–Trinajstić information content (AvgIpc) is 3.45. The molecule has 1 amide bonds. The Morgan fingerprint density at radius 1 is 1.00 bits per heavy atom. The van der Waals surface area contributed by atoms with Gasteiger partial charge in [0.15, 0.2) is 0 Å². The molecule has 7 heteroatoms. The van der Waals surface area contributed by atoms with Crippen LogP contribution in [0.3, 0.4) is 0 Å². The Morgan fingerprint density at radius 3 is 2.49 bits per heavy atom.